The van der Waals surface area contributed by atoms with Crippen molar-refractivity contribution in [1.29, 1.82) is 0 Å². The van der Waals surface area contributed by atoms with Gasteiger partial charge in [-0.05, 0) is 43.4 Å². The number of rotatable bonds is 5. The summed E-state index contributed by atoms with van der Waals surface area (Å²) in [4.78, 5) is 32.9. The topological polar surface area (TPSA) is 53.5 Å². The summed E-state index contributed by atoms with van der Waals surface area (Å²) >= 11 is 0. The van der Waals surface area contributed by atoms with Gasteiger partial charge in [0.1, 0.15) is 0 Å². The first-order valence-electron chi connectivity index (χ1n) is 8.21. The molecule has 0 bridgehead atoms. The van der Waals surface area contributed by atoms with Gasteiger partial charge in [-0.1, -0.05) is 0 Å². The number of hydrogen-bond donors (Lipinski definition) is 0. The van der Waals surface area contributed by atoms with Crippen LogP contribution in [0.4, 0.5) is 0 Å². The molecule has 2 amide bonds. The summed E-state index contributed by atoms with van der Waals surface area (Å²) in [6, 6.07) is 4.70. The summed E-state index contributed by atoms with van der Waals surface area (Å²) < 4.78 is 0. The maximum atomic E-state index is 12.9. The fourth-order valence-corrected chi connectivity index (χ4v) is 3.33. The molecule has 1 aromatic rings. The first-order valence-corrected chi connectivity index (χ1v) is 8.21. The summed E-state index contributed by atoms with van der Waals surface area (Å²) in [6.45, 7) is 1.27. The minimum absolute atomic E-state index is 0.143. The highest BCUT2D eigenvalue weighted by Crippen LogP contribution is 2.35. The van der Waals surface area contributed by atoms with E-state index >= 15 is 0 Å². The van der Waals surface area contributed by atoms with Crippen molar-refractivity contribution in [3.63, 3.8) is 0 Å². The van der Waals surface area contributed by atoms with Crippen molar-refractivity contribution in [3.8, 4) is 0 Å². The highest BCUT2D eigenvalue weighted by molar-refractivity contribution is 5.89. The molecule has 1 atom stereocenters. The number of likely N-dealkylation sites (tertiary alicyclic amines) is 1. The third-order valence-electron chi connectivity index (χ3n) is 4.87. The van der Waals surface area contributed by atoms with E-state index in [-0.39, 0.29) is 17.7 Å². The predicted molar refractivity (Wildman–Crippen MR) is 80.7 cm³/mol. The standard InChI is InChI=1S/C17H21N3O2/c21-16-9-13(11-19(16)14-1-2-14)17(22)20(15-3-4-15)10-12-5-7-18-8-6-12/h5-8,13-15H,1-4,9-11H2/t13-/m1/s1. The lowest BCUT2D eigenvalue weighted by Gasteiger charge is -2.25. The Balaban J connectivity index is 1.46. The van der Waals surface area contributed by atoms with Crippen molar-refractivity contribution in [3.05, 3.63) is 30.1 Å². The Hall–Kier alpha value is -1.91. The van der Waals surface area contributed by atoms with Crippen LogP contribution in [0.25, 0.3) is 0 Å². The molecule has 1 aliphatic heterocycles. The average molecular weight is 299 g/mol. The Kier molecular flexibility index (Phi) is 3.36. The van der Waals surface area contributed by atoms with Crippen LogP contribution in [0.15, 0.2) is 24.5 Å². The van der Waals surface area contributed by atoms with E-state index in [0.717, 1.165) is 31.2 Å². The maximum Gasteiger partial charge on any atom is 0.228 e. The third kappa shape index (κ3) is 2.72. The highest BCUT2D eigenvalue weighted by Gasteiger charge is 2.44. The van der Waals surface area contributed by atoms with E-state index < -0.39 is 0 Å². The van der Waals surface area contributed by atoms with Gasteiger partial charge in [-0.3, -0.25) is 14.6 Å². The lowest BCUT2D eigenvalue weighted by molar-refractivity contribution is -0.137. The molecule has 2 saturated carbocycles. The summed E-state index contributed by atoms with van der Waals surface area (Å²) in [5.41, 5.74) is 1.11. The number of aromatic nitrogens is 1. The fourth-order valence-electron chi connectivity index (χ4n) is 3.33. The Bertz CT molecular complexity index is 581. The van der Waals surface area contributed by atoms with Crippen molar-refractivity contribution in [2.75, 3.05) is 6.54 Å². The van der Waals surface area contributed by atoms with Crippen LogP contribution in [-0.2, 0) is 16.1 Å². The van der Waals surface area contributed by atoms with Crippen LogP contribution in [0, 0.1) is 5.92 Å². The smallest absolute Gasteiger partial charge is 0.228 e. The van der Waals surface area contributed by atoms with Crippen LogP contribution in [0.5, 0.6) is 0 Å². The Morgan fingerprint density at radius 1 is 1.23 bits per heavy atom. The zero-order valence-electron chi connectivity index (χ0n) is 12.6. The molecule has 5 heteroatoms. The lowest BCUT2D eigenvalue weighted by atomic mass is 10.1. The third-order valence-corrected chi connectivity index (χ3v) is 4.87. The molecule has 0 N–H and O–H groups in total. The SMILES string of the molecule is O=C1C[C@@H](C(=O)N(Cc2ccncc2)C2CC2)CN1C1CC1. The minimum atomic E-state index is -0.143. The van der Waals surface area contributed by atoms with E-state index in [9.17, 15) is 9.59 Å². The molecule has 22 heavy (non-hydrogen) atoms. The molecule has 1 saturated heterocycles. The zero-order chi connectivity index (χ0) is 15.1. The number of pyridine rings is 1. The van der Waals surface area contributed by atoms with Crippen LogP contribution < -0.4 is 0 Å². The summed E-state index contributed by atoms with van der Waals surface area (Å²) in [5.74, 6) is 0.187. The fraction of sp³-hybridized carbons (Fsp3) is 0.588. The molecule has 0 unspecified atom stereocenters. The average Bonchev–Trinajstić information content (AvgIpc) is 3.44. The number of nitrogens with zero attached hydrogens (tertiary/aromatic N) is 3. The van der Waals surface area contributed by atoms with Gasteiger partial charge >= 0.3 is 0 Å². The molecule has 3 aliphatic rings. The molecule has 0 aromatic carbocycles. The van der Waals surface area contributed by atoms with Gasteiger partial charge in [-0.25, -0.2) is 0 Å². The summed E-state index contributed by atoms with van der Waals surface area (Å²) in [5, 5.41) is 0. The highest BCUT2D eigenvalue weighted by atomic mass is 16.2. The van der Waals surface area contributed by atoms with Gasteiger partial charge in [0, 0.05) is 44.0 Å². The quantitative estimate of drug-likeness (QED) is 0.829. The molecule has 116 valence electrons. The van der Waals surface area contributed by atoms with Gasteiger partial charge in [0.15, 0.2) is 0 Å². The molecule has 0 radical (unpaired) electrons. The molecule has 1 aromatic heterocycles. The van der Waals surface area contributed by atoms with E-state index in [2.05, 4.69) is 4.98 Å². The van der Waals surface area contributed by atoms with Crippen molar-refractivity contribution in [1.82, 2.24) is 14.8 Å². The maximum absolute atomic E-state index is 12.9. The second kappa shape index (κ2) is 5.38. The summed E-state index contributed by atoms with van der Waals surface area (Å²) in [7, 11) is 0. The molecule has 0 spiro atoms. The molecule has 3 fully saturated rings. The molecule has 4 rings (SSSR count). The molecular weight excluding hydrogens is 278 g/mol. The van der Waals surface area contributed by atoms with Gasteiger partial charge in [0.2, 0.25) is 11.8 Å². The number of hydrogen-bond acceptors (Lipinski definition) is 3. The normalized spacial score (nSPS) is 24.6. The Labute approximate surface area is 130 Å². The van der Waals surface area contributed by atoms with Gasteiger partial charge in [-0.2, -0.15) is 0 Å². The van der Waals surface area contributed by atoms with E-state index in [4.69, 9.17) is 0 Å². The van der Waals surface area contributed by atoms with Crippen molar-refractivity contribution in [2.45, 2.75) is 50.7 Å². The van der Waals surface area contributed by atoms with Crippen LogP contribution in [0.2, 0.25) is 0 Å². The first kappa shape index (κ1) is 13.7. The zero-order valence-corrected chi connectivity index (χ0v) is 12.6. The second-order valence-corrected chi connectivity index (χ2v) is 6.73. The van der Waals surface area contributed by atoms with E-state index in [0.29, 0.717) is 31.6 Å². The van der Waals surface area contributed by atoms with Gasteiger partial charge in [-0.15, -0.1) is 0 Å². The monoisotopic (exact) mass is 299 g/mol. The van der Waals surface area contributed by atoms with E-state index in [1.165, 1.54) is 0 Å². The van der Waals surface area contributed by atoms with Crippen molar-refractivity contribution < 1.29 is 9.59 Å². The van der Waals surface area contributed by atoms with Crippen LogP contribution in [0.3, 0.4) is 0 Å². The van der Waals surface area contributed by atoms with Gasteiger partial charge < -0.3 is 9.80 Å². The lowest BCUT2D eigenvalue weighted by Crippen LogP contribution is -2.38. The first-order chi connectivity index (χ1) is 10.7. The Morgan fingerprint density at radius 2 is 1.95 bits per heavy atom. The van der Waals surface area contributed by atoms with Crippen molar-refractivity contribution in [2.24, 2.45) is 5.92 Å². The van der Waals surface area contributed by atoms with Crippen LogP contribution in [-0.4, -0.2) is 45.2 Å². The summed E-state index contributed by atoms with van der Waals surface area (Å²) in [6.07, 6.45) is 8.31. The van der Waals surface area contributed by atoms with Crippen LogP contribution >= 0.6 is 0 Å². The number of carbonyl (C=O) groups excluding carboxylic acids is 2. The van der Waals surface area contributed by atoms with E-state index in [1.54, 1.807) is 12.4 Å². The second-order valence-electron chi connectivity index (χ2n) is 6.73. The molecule has 5 nitrogen and oxygen atoms in total. The number of amides is 2. The molecular formula is C17H21N3O2. The van der Waals surface area contributed by atoms with Gasteiger partial charge in [0.25, 0.3) is 0 Å². The van der Waals surface area contributed by atoms with Crippen molar-refractivity contribution >= 4 is 11.8 Å². The van der Waals surface area contributed by atoms with Crippen LogP contribution in [0.1, 0.15) is 37.7 Å². The molecule has 2 aliphatic carbocycles. The largest absolute Gasteiger partial charge is 0.339 e. The molecule has 2 heterocycles. The van der Waals surface area contributed by atoms with E-state index in [1.807, 2.05) is 21.9 Å². The van der Waals surface area contributed by atoms with Gasteiger partial charge in [0.05, 0.1) is 5.92 Å². The Morgan fingerprint density at radius 3 is 2.59 bits per heavy atom. The predicted octanol–water partition coefficient (Wildman–Crippen LogP) is 1.58. The number of carbonyl (C=O) groups is 2. The minimum Gasteiger partial charge on any atom is -0.339 e.